The van der Waals surface area contributed by atoms with Gasteiger partial charge < -0.3 is 14.8 Å². The molecular formula is C23H27N3O5S. The summed E-state index contributed by atoms with van der Waals surface area (Å²) in [6, 6.07) is 14.6. The van der Waals surface area contributed by atoms with E-state index in [9.17, 15) is 13.2 Å². The zero-order chi connectivity index (χ0) is 22.6. The first-order chi connectivity index (χ1) is 15.4. The zero-order valence-corrected chi connectivity index (χ0v) is 18.8. The highest BCUT2D eigenvalue weighted by Crippen LogP contribution is 2.32. The van der Waals surface area contributed by atoms with E-state index in [0.717, 1.165) is 11.1 Å². The van der Waals surface area contributed by atoms with Crippen molar-refractivity contribution in [2.75, 3.05) is 33.0 Å². The van der Waals surface area contributed by atoms with Crippen molar-refractivity contribution in [2.45, 2.75) is 19.5 Å². The van der Waals surface area contributed by atoms with Crippen molar-refractivity contribution in [1.82, 2.24) is 14.5 Å². The molecule has 4 rings (SSSR count). The number of amides is 1. The van der Waals surface area contributed by atoms with Crippen molar-refractivity contribution in [1.29, 1.82) is 0 Å². The highest BCUT2D eigenvalue weighted by atomic mass is 32.2. The lowest BCUT2D eigenvalue weighted by Gasteiger charge is -2.36. The number of benzene rings is 2. The molecule has 1 fully saturated rings. The van der Waals surface area contributed by atoms with Crippen LogP contribution in [0, 0.1) is 0 Å². The number of carbonyl (C=O) groups is 1. The van der Waals surface area contributed by atoms with Gasteiger partial charge in [-0.3, -0.25) is 9.69 Å². The number of carbonyl (C=O) groups excluding carboxylic acids is 1. The van der Waals surface area contributed by atoms with Crippen LogP contribution in [0.15, 0.2) is 53.9 Å². The molecule has 1 saturated heterocycles. The molecule has 8 nitrogen and oxygen atoms in total. The number of piperazine rings is 1. The van der Waals surface area contributed by atoms with Crippen molar-refractivity contribution in [3.63, 3.8) is 0 Å². The van der Waals surface area contributed by atoms with E-state index < -0.39 is 10.0 Å². The molecule has 0 unspecified atom stereocenters. The molecule has 2 aliphatic heterocycles. The van der Waals surface area contributed by atoms with Gasteiger partial charge in [0.25, 0.3) is 0 Å². The summed E-state index contributed by atoms with van der Waals surface area (Å²) >= 11 is 0. The number of nitrogens with zero attached hydrogens (tertiary/aromatic N) is 2. The summed E-state index contributed by atoms with van der Waals surface area (Å²) in [4.78, 5) is 14.6. The smallest absolute Gasteiger partial charge is 0.237 e. The van der Waals surface area contributed by atoms with Gasteiger partial charge in [-0.15, -0.1) is 0 Å². The summed E-state index contributed by atoms with van der Waals surface area (Å²) in [5.74, 6) is 1.30. The Bertz CT molecular complexity index is 1080. The predicted octanol–water partition coefficient (Wildman–Crippen LogP) is 2.04. The first-order valence-electron chi connectivity index (χ1n) is 10.6. The standard InChI is InChI=1S/C23H27N3O5S/c1-18(23(27)24-16-20-7-8-21-22(15-20)31-17-30-21)25-10-12-26(13-11-25)32(28,29)14-9-19-5-3-2-4-6-19/h2-9,14-15,18H,10-13,16-17H2,1H3,(H,24,27)/b14-9+/t18-/m1/s1. The summed E-state index contributed by atoms with van der Waals surface area (Å²) in [7, 11) is -3.50. The Kier molecular flexibility index (Phi) is 6.78. The molecule has 1 N–H and O–H groups in total. The minimum absolute atomic E-state index is 0.0945. The normalized spacial score (nSPS) is 18.0. The molecule has 0 aliphatic carbocycles. The number of hydrogen-bond acceptors (Lipinski definition) is 6. The molecule has 1 amide bonds. The third-order valence-electron chi connectivity index (χ3n) is 5.70. The lowest BCUT2D eigenvalue weighted by Crippen LogP contribution is -2.54. The van der Waals surface area contributed by atoms with E-state index >= 15 is 0 Å². The third kappa shape index (κ3) is 5.29. The Hall–Kier alpha value is -2.88. The van der Waals surface area contributed by atoms with Crippen LogP contribution >= 0.6 is 0 Å². The van der Waals surface area contributed by atoms with Gasteiger partial charge in [0.15, 0.2) is 11.5 Å². The van der Waals surface area contributed by atoms with E-state index in [-0.39, 0.29) is 18.7 Å². The molecule has 0 bridgehead atoms. The van der Waals surface area contributed by atoms with Crippen LogP contribution in [0.4, 0.5) is 0 Å². The number of sulfonamides is 1. The summed E-state index contributed by atoms with van der Waals surface area (Å²) in [5.41, 5.74) is 1.76. The van der Waals surface area contributed by atoms with Crippen LogP contribution in [-0.2, 0) is 21.4 Å². The van der Waals surface area contributed by atoms with Crippen LogP contribution in [0.1, 0.15) is 18.1 Å². The Balaban J connectivity index is 1.26. The van der Waals surface area contributed by atoms with Crippen molar-refractivity contribution in [3.05, 3.63) is 65.1 Å². The molecular weight excluding hydrogens is 430 g/mol. The Morgan fingerprint density at radius 2 is 1.78 bits per heavy atom. The van der Waals surface area contributed by atoms with Crippen molar-refractivity contribution in [3.8, 4) is 11.5 Å². The van der Waals surface area contributed by atoms with E-state index in [2.05, 4.69) is 5.32 Å². The topological polar surface area (TPSA) is 88.2 Å². The fourth-order valence-electron chi connectivity index (χ4n) is 3.71. The second-order valence-electron chi connectivity index (χ2n) is 7.77. The first-order valence-corrected chi connectivity index (χ1v) is 12.1. The van der Waals surface area contributed by atoms with Gasteiger partial charge in [0.2, 0.25) is 22.7 Å². The maximum atomic E-state index is 12.6. The second-order valence-corrected chi connectivity index (χ2v) is 9.59. The minimum atomic E-state index is -3.50. The molecule has 2 aromatic carbocycles. The third-order valence-corrected chi connectivity index (χ3v) is 7.26. The molecule has 0 spiro atoms. The van der Waals surface area contributed by atoms with Crippen LogP contribution in [0.5, 0.6) is 11.5 Å². The lowest BCUT2D eigenvalue weighted by molar-refractivity contribution is -0.126. The van der Waals surface area contributed by atoms with Crippen LogP contribution in [0.2, 0.25) is 0 Å². The number of hydrogen-bond donors (Lipinski definition) is 1. The lowest BCUT2D eigenvalue weighted by atomic mass is 10.2. The average Bonchev–Trinajstić information content (AvgIpc) is 3.29. The quantitative estimate of drug-likeness (QED) is 0.685. The molecule has 2 aliphatic rings. The Morgan fingerprint density at radius 3 is 2.53 bits per heavy atom. The van der Waals surface area contributed by atoms with Gasteiger partial charge in [-0.1, -0.05) is 36.4 Å². The maximum Gasteiger partial charge on any atom is 0.237 e. The molecule has 0 radical (unpaired) electrons. The Labute approximate surface area is 188 Å². The summed E-state index contributed by atoms with van der Waals surface area (Å²) in [6.07, 6.45) is 1.61. The highest BCUT2D eigenvalue weighted by molar-refractivity contribution is 7.92. The number of fused-ring (bicyclic) bond motifs is 1. The van der Waals surface area contributed by atoms with Crippen LogP contribution in [-0.4, -0.2) is 62.5 Å². The molecule has 0 aromatic heterocycles. The first kappa shape index (κ1) is 22.3. The van der Waals surface area contributed by atoms with E-state index in [4.69, 9.17) is 9.47 Å². The van der Waals surface area contributed by atoms with E-state index in [1.54, 1.807) is 6.08 Å². The van der Waals surface area contributed by atoms with Crippen LogP contribution in [0.25, 0.3) is 6.08 Å². The molecule has 0 saturated carbocycles. The molecule has 2 aromatic rings. The van der Waals surface area contributed by atoms with Crippen LogP contribution in [0.3, 0.4) is 0 Å². The highest BCUT2D eigenvalue weighted by Gasteiger charge is 2.29. The SMILES string of the molecule is C[C@H](C(=O)NCc1ccc2c(c1)OCO2)N1CCN(S(=O)(=O)/C=C/c2ccccc2)CC1. The van der Waals surface area contributed by atoms with Crippen molar-refractivity contribution in [2.24, 2.45) is 0 Å². The summed E-state index contributed by atoms with van der Waals surface area (Å²) in [5, 5.41) is 4.20. The number of nitrogens with one attached hydrogen (secondary N) is 1. The van der Waals surface area contributed by atoms with Gasteiger partial charge in [0, 0.05) is 38.1 Å². The largest absolute Gasteiger partial charge is 0.454 e. The zero-order valence-electron chi connectivity index (χ0n) is 17.9. The summed E-state index contributed by atoms with van der Waals surface area (Å²) in [6.45, 7) is 4.13. The molecule has 2 heterocycles. The fraction of sp³-hybridized carbons (Fsp3) is 0.348. The Morgan fingerprint density at radius 1 is 1.06 bits per heavy atom. The van der Waals surface area contributed by atoms with Gasteiger partial charge in [0.05, 0.1) is 6.04 Å². The second kappa shape index (κ2) is 9.72. The molecule has 1 atom stereocenters. The van der Waals surface area contributed by atoms with Gasteiger partial charge in [-0.05, 0) is 36.3 Å². The monoisotopic (exact) mass is 457 g/mol. The van der Waals surface area contributed by atoms with Gasteiger partial charge in [-0.25, -0.2) is 8.42 Å². The van der Waals surface area contributed by atoms with E-state index in [1.807, 2.05) is 60.4 Å². The number of ether oxygens (including phenoxy) is 2. The van der Waals surface area contributed by atoms with Crippen LogP contribution < -0.4 is 14.8 Å². The molecule has 9 heteroatoms. The number of rotatable bonds is 7. The minimum Gasteiger partial charge on any atom is -0.454 e. The van der Waals surface area contributed by atoms with Gasteiger partial charge >= 0.3 is 0 Å². The fourth-order valence-corrected chi connectivity index (χ4v) is 4.89. The van der Waals surface area contributed by atoms with E-state index in [0.29, 0.717) is 44.2 Å². The predicted molar refractivity (Wildman–Crippen MR) is 121 cm³/mol. The molecule has 170 valence electrons. The van der Waals surface area contributed by atoms with E-state index in [1.165, 1.54) is 9.71 Å². The molecule has 32 heavy (non-hydrogen) atoms. The van der Waals surface area contributed by atoms with Gasteiger partial charge in [0.1, 0.15) is 0 Å². The van der Waals surface area contributed by atoms with Crippen molar-refractivity contribution < 1.29 is 22.7 Å². The van der Waals surface area contributed by atoms with Gasteiger partial charge in [-0.2, -0.15) is 4.31 Å². The average molecular weight is 458 g/mol. The maximum absolute atomic E-state index is 12.6. The summed E-state index contributed by atoms with van der Waals surface area (Å²) < 4.78 is 37.4. The van der Waals surface area contributed by atoms with Crippen molar-refractivity contribution >= 4 is 22.0 Å².